The molecule has 3 atom stereocenters. The lowest BCUT2D eigenvalue weighted by molar-refractivity contribution is -0.136. The van der Waals surface area contributed by atoms with Crippen LogP contribution in [-0.4, -0.2) is 125 Å². The van der Waals surface area contributed by atoms with E-state index in [0.29, 0.717) is 62.0 Å². The molecule has 0 radical (unpaired) electrons. The number of rotatable bonds is 8. The average Bonchev–Trinajstić information content (AvgIpc) is 3.46. The van der Waals surface area contributed by atoms with Gasteiger partial charge in [-0.05, 0) is 68.8 Å². The fourth-order valence-corrected chi connectivity index (χ4v) is 8.14. The second-order valence-corrected chi connectivity index (χ2v) is 14.8. The molecule has 0 spiro atoms. The van der Waals surface area contributed by atoms with Crippen molar-refractivity contribution in [3.8, 4) is 11.9 Å². The zero-order valence-corrected chi connectivity index (χ0v) is 31.7. The van der Waals surface area contributed by atoms with Crippen LogP contribution >= 0.6 is 0 Å². The number of benzene rings is 2. The van der Waals surface area contributed by atoms with Crippen LogP contribution in [0.4, 0.5) is 21.9 Å². The molecule has 4 aromatic rings. The summed E-state index contributed by atoms with van der Waals surface area (Å²) in [6, 6.07) is 17.3. The molecule has 4 aliphatic rings. The lowest BCUT2D eigenvalue weighted by atomic mass is 10.0. The van der Waals surface area contributed by atoms with E-state index in [1.165, 1.54) is 0 Å². The Morgan fingerprint density at radius 3 is 2.51 bits per heavy atom. The molecule has 16 nitrogen and oxygen atoms in total. The van der Waals surface area contributed by atoms with Crippen molar-refractivity contribution in [2.75, 3.05) is 67.5 Å². The number of pyridine rings is 2. The van der Waals surface area contributed by atoms with E-state index < -0.39 is 29.7 Å². The Morgan fingerprint density at radius 1 is 0.947 bits per heavy atom. The number of hydrogen-bond donors (Lipinski definition) is 2. The normalized spacial score (nSPS) is 21.4. The first-order valence-corrected chi connectivity index (χ1v) is 19.1. The van der Waals surface area contributed by atoms with Gasteiger partial charge in [0.15, 0.2) is 0 Å². The zero-order chi connectivity index (χ0) is 39.8. The first-order valence-electron chi connectivity index (χ1n) is 19.1. The van der Waals surface area contributed by atoms with Crippen LogP contribution in [0.25, 0.3) is 10.9 Å². The van der Waals surface area contributed by atoms with Crippen molar-refractivity contribution in [3.05, 3.63) is 83.7 Å². The Kier molecular flexibility index (Phi) is 10.2. The first-order chi connectivity index (χ1) is 27.6. The summed E-state index contributed by atoms with van der Waals surface area (Å²) < 4.78 is 5.93. The van der Waals surface area contributed by atoms with E-state index in [4.69, 9.17) is 4.74 Å². The second kappa shape index (κ2) is 15.5. The number of carbonyl (C=O) groups excluding carboxylic acids is 5. The number of piperazine rings is 2. The number of nitrogens with zero attached hydrogens (tertiary/aromatic N) is 8. The summed E-state index contributed by atoms with van der Waals surface area (Å²) in [4.78, 5) is 82.1. The molecule has 3 fully saturated rings. The SMILES string of the molecule is C[C@@H]1CN(c2ccc(C#N)c3ncccc23)[C@@H](C)CN1C(=O)Nc1ccc(OCCN2CCN(c3ccc4c(c3)C(=O)N([C@@H]3CCC(=O)NC3=O)C4=O)CC2)nc1. The number of amides is 6. The second-order valence-electron chi connectivity index (χ2n) is 14.8. The number of anilines is 3. The largest absolute Gasteiger partial charge is 0.476 e. The van der Waals surface area contributed by atoms with E-state index in [1.807, 2.05) is 36.1 Å². The molecule has 16 heteroatoms. The number of piperidine rings is 1. The van der Waals surface area contributed by atoms with Gasteiger partial charge in [0.2, 0.25) is 17.7 Å². The molecule has 0 unspecified atom stereocenters. The van der Waals surface area contributed by atoms with Crippen molar-refractivity contribution in [2.24, 2.45) is 0 Å². The van der Waals surface area contributed by atoms with E-state index in [1.54, 1.807) is 42.7 Å². The number of imide groups is 2. The van der Waals surface area contributed by atoms with E-state index in [-0.39, 0.29) is 42.1 Å². The zero-order valence-electron chi connectivity index (χ0n) is 31.7. The maximum atomic E-state index is 13.4. The molecule has 292 valence electrons. The van der Waals surface area contributed by atoms with Crippen molar-refractivity contribution in [1.82, 2.24) is 30.0 Å². The summed E-state index contributed by atoms with van der Waals surface area (Å²) >= 11 is 0. The van der Waals surface area contributed by atoms with Crippen LogP contribution in [0.1, 0.15) is 53.0 Å². The van der Waals surface area contributed by atoms with Crippen molar-refractivity contribution < 1.29 is 28.7 Å². The number of nitrogens with one attached hydrogen (secondary N) is 2. The Labute approximate surface area is 329 Å². The van der Waals surface area contributed by atoms with Crippen molar-refractivity contribution in [1.29, 1.82) is 5.26 Å². The molecule has 6 heterocycles. The smallest absolute Gasteiger partial charge is 0.322 e. The minimum atomic E-state index is -0.993. The predicted octanol–water partition coefficient (Wildman–Crippen LogP) is 3.23. The summed E-state index contributed by atoms with van der Waals surface area (Å²) in [5.74, 6) is -1.61. The minimum absolute atomic E-state index is 0.0248. The molecule has 8 rings (SSSR count). The Hall–Kier alpha value is -6.60. The molecule has 3 saturated heterocycles. The Morgan fingerprint density at radius 2 is 1.75 bits per heavy atom. The van der Waals surface area contributed by atoms with Crippen LogP contribution in [0.5, 0.6) is 5.88 Å². The number of hydrogen-bond acceptors (Lipinski definition) is 12. The number of aromatic nitrogens is 2. The summed E-state index contributed by atoms with van der Waals surface area (Å²) in [6.07, 6.45) is 3.47. The van der Waals surface area contributed by atoms with Crippen LogP contribution in [0.2, 0.25) is 0 Å². The van der Waals surface area contributed by atoms with Gasteiger partial charge in [-0.2, -0.15) is 5.26 Å². The number of carbonyl (C=O) groups is 5. The molecular weight excluding hydrogens is 729 g/mol. The van der Waals surface area contributed by atoms with Crippen LogP contribution in [0.3, 0.4) is 0 Å². The highest BCUT2D eigenvalue weighted by molar-refractivity contribution is 6.23. The third kappa shape index (κ3) is 7.29. The molecule has 6 amide bonds. The molecule has 2 aromatic heterocycles. The van der Waals surface area contributed by atoms with Crippen LogP contribution < -0.4 is 25.2 Å². The highest BCUT2D eigenvalue weighted by Gasteiger charge is 2.45. The number of urea groups is 1. The molecular formula is C41H42N10O6. The maximum Gasteiger partial charge on any atom is 0.322 e. The topological polar surface area (TPSA) is 184 Å². The van der Waals surface area contributed by atoms with Crippen LogP contribution in [0.15, 0.2) is 67.0 Å². The van der Waals surface area contributed by atoms with Gasteiger partial charge in [0.05, 0.1) is 34.1 Å². The summed E-state index contributed by atoms with van der Waals surface area (Å²) in [5, 5.41) is 15.7. The molecule has 0 saturated carbocycles. The highest BCUT2D eigenvalue weighted by atomic mass is 16.5. The van der Waals surface area contributed by atoms with Gasteiger partial charge in [-0.3, -0.25) is 39.3 Å². The fraction of sp³-hybridized carbons (Fsp3) is 0.366. The van der Waals surface area contributed by atoms with Gasteiger partial charge in [0.25, 0.3) is 11.8 Å². The van der Waals surface area contributed by atoms with Crippen molar-refractivity contribution in [3.63, 3.8) is 0 Å². The quantitative estimate of drug-likeness (QED) is 0.250. The van der Waals surface area contributed by atoms with E-state index in [2.05, 4.69) is 48.3 Å². The van der Waals surface area contributed by atoms with Crippen molar-refractivity contribution in [2.45, 2.75) is 44.8 Å². The van der Waals surface area contributed by atoms with E-state index in [0.717, 1.165) is 34.8 Å². The van der Waals surface area contributed by atoms with Gasteiger partial charge in [-0.25, -0.2) is 9.78 Å². The maximum absolute atomic E-state index is 13.4. The highest BCUT2D eigenvalue weighted by Crippen LogP contribution is 2.33. The molecule has 57 heavy (non-hydrogen) atoms. The standard InChI is InChI=1S/C41H42N10O6/c1-25-24-50(26(2)23-49(25)33-9-5-27(21-42)37-31(33)4-3-13-43-37)41(56)45-28-6-12-36(44-22-28)57-19-18-47-14-16-48(17-15-47)29-7-8-30-32(20-29)40(55)51(39(30)54)34-10-11-35(52)46-38(34)53/h3-9,12-13,20,22,25-26,34H,10-11,14-19,23-24H2,1-2H3,(H,45,56)(H,46,52,53)/t25-,26+,34+/m0/s1. The van der Waals surface area contributed by atoms with Gasteiger partial charge in [0.1, 0.15) is 18.7 Å². The fourth-order valence-electron chi connectivity index (χ4n) is 8.14. The van der Waals surface area contributed by atoms with Crippen LogP contribution in [-0.2, 0) is 9.59 Å². The lowest BCUT2D eigenvalue weighted by Crippen LogP contribution is -2.59. The summed E-state index contributed by atoms with van der Waals surface area (Å²) in [6.45, 7) is 9.30. The first kappa shape index (κ1) is 37.3. The van der Waals surface area contributed by atoms with Gasteiger partial charge in [0, 0.05) is 93.3 Å². The number of ether oxygens (including phenoxy) is 1. The molecule has 2 aromatic carbocycles. The Balaban J connectivity index is 0.790. The molecule has 0 bridgehead atoms. The average molecular weight is 771 g/mol. The van der Waals surface area contributed by atoms with Crippen LogP contribution in [0, 0.1) is 11.3 Å². The van der Waals surface area contributed by atoms with Gasteiger partial charge >= 0.3 is 6.03 Å². The third-order valence-electron chi connectivity index (χ3n) is 11.2. The molecule has 2 N–H and O–H groups in total. The number of nitriles is 1. The molecule has 4 aliphatic heterocycles. The Bertz CT molecular complexity index is 2300. The molecule has 0 aliphatic carbocycles. The number of fused-ring (bicyclic) bond motifs is 2. The van der Waals surface area contributed by atoms with Gasteiger partial charge < -0.3 is 24.8 Å². The monoisotopic (exact) mass is 770 g/mol. The van der Waals surface area contributed by atoms with Gasteiger partial charge in [-0.15, -0.1) is 0 Å². The van der Waals surface area contributed by atoms with Crippen molar-refractivity contribution >= 4 is 57.6 Å². The summed E-state index contributed by atoms with van der Waals surface area (Å²) in [7, 11) is 0. The van der Waals surface area contributed by atoms with Gasteiger partial charge in [-0.1, -0.05) is 0 Å². The summed E-state index contributed by atoms with van der Waals surface area (Å²) in [5.41, 5.74) is 4.13. The predicted molar refractivity (Wildman–Crippen MR) is 210 cm³/mol. The minimum Gasteiger partial charge on any atom is -0.476 e. The van der Waals surface area contributed by atoms with E-state index >= 15 is 0 Å². The lowest BCUT2D eigenvalue weighted by Gasteiger charge is -2.45. The van der Waals surface area contributed by atoms with E-state index in [9.17, 15) is 29.2 Å². The third-order valence-corrected chi connectivity index (χ3v) is 11.2.